The maximum absolute atomic E-state index is 11.6. The molecule has 4 nitrogen and oxygen atoms in total. The quantitative estimate of drug-likeness (QED) is 0.743. The molecule has 1 aromatic carbocycles. The van der Waals surface area contributed by atoms with E-state index >= 15 is 0 Å². The minimum Gasteiger partial charge on any atom is -0.460 e. The van der Waals surface area contributed by atoms with Crippen LogP contribution in [0.5, 0.6) is 0 Å². The van der Waals surface area contributed by atoms with Gasteiger partial charge in [-0.3, -0.25) is 0 Å². The molecule has 0 bridgehead atoms. The molecule has 0 unspecified atom stereocenters. The summed E-state index contributed by atoms with van der Waals surface area (Å²) in [4.78, 5) is 11.6. The van der Waals surface area contributed by atoms with Crippen molar-refractivity contribution in [3.05, 3.63) is 35.1 Å². The molecule has 0 radical (unpaired) electrons. The number of hydrogen-bond donors (Lipinski definition) is 0. The zero-order valence-corrected chi connectivity index (χ0v) is 9.61. The normalized spacial score (nSPS) is 10.2. The largest absolute Gasteiger partial charge is 0.460 e. The second-order valence-corrected chi connectivity index (χ2v) is 3.60. The first-order valence-electron chi connectivity index (χ1n) is 5.27. The van der Waals surface area contributed by atoms with Crippen LogP contribution in [0.4, 0.5) is 0 Å². The number of furan rings is 1. The van der Waals surface area contributed by atoms with Gasteiger partial charge in [0.15, 0.2) is 0 Å². The van der Waals surface area contributed by atoms with E-state index in [1.54, 1.807) is 32.0 Å². The van der Waals surface area contributed by atoms with E-state index < -0.39 is 5.97 Å². The Balaban J connectivity index is 2.57. The molecule has 2 rings (SSSR count). The minimum atomic E-state index is -0.472. The number of fused-ring (bicyclic) bond motifs is 1. The first-order valence-corrected chi connectivity index (χ1v) is 5.27. The van der Waals surface area contributed by atoms with E-state index in [2.05, 4.69) is 0 Å². The van der Waals surface area contributed by atoms with Gasteiger partial charge in [0.25, 0.3) is 0 Å². The van der Waals surface area contributed by atoms with Crippen molar-refractivity contribution in [1.29, 1.82) is 5.26 Å². The Labute approximate surface area is 98.4 Å². The Kier molecular flexibility index (Phi) is 2.84. The highest BCUT2D eigenvalue weighted by Gasteiger charge is 2.18. The van der Waals surface area contributed by atoms with E-state index in [1.807, 2.05) is 6.07 Å². The van der Waals surface area contributed by atoms with Crippen molar-refractivity contribution >= 4 is 16.9 Å². The van der Waals surface area contributed by atoms with Crippen molar-refractivity contribution < 1.29 is 13.9 Å². The van der Waals surface area contributed by atoms with Gasteiger partial charge in [-0.2, -0.15) is 5.26 Å². The zero-order valence-electron chi connectivity index (χ0n) is 9.61. The van der Waals surface area contributed by atoms with Crippen molar-refractivity contribution in [3.8, 4) is 6.07 Å². The molecule has 0 spiro atoms. The summed E-state index contributed by atoms with van der Waals surface area (Å²) >= 11 is 0. The molecule has 0 atom stereocenters. The lowest BCUT2D eigenvalue weighted by Crippen LogP contribution is -2.04. The monoisotopic (exact) mass is 229 g/mol. The van der Waals surface area contributed by atoms with Gasteiger partial charge in [-0.25, -0.2) is 4.79 Å². The summed E-state index contributed by atoms with van der Waals surface area (Å²) in [5, 5.41) is 9.61. The van der Waals surface area contributed by atoms with Gasteiger partial charge < -0.3 is 9.15 Å². The molecule has 1 heterocycles. The SMILES string of the molecule is CCOC(=O)c1oc2cc(C#N)ccc2c1C. The van der Waals surface area contributed by atoms with Crippen LogP contribution in [-0.2, 0) is 4.74 Å². The Morgan fingerprint density at radius 2 is 2.29 bits per heavy atom. The average Bonchev–Trinajstić information content (AvgIpc) is 2.66. The van der Waals surface area contributed by atoms with Gasteiger partial charge in [0.2, 0.25) is 5.76 Å². The highest BCUT2D eigenvalue weighted by molar-refractivity contribution is 5.96. The summed E-state index contributed by atoms with van der Waals surface area (Å²) in [6.07, 6.45) is 0. The second-order valence-electron chi connectivity index (χ2n) is 3.60. The van der Waals surface area contributed by atoms with Gasteiger partial charge in [-0.05, 0) is 32.0 Å². The number of nitriles is 1. The van der Waals surface area contributed by atoms with E-state index in [0.29, 0.717) is 17.8 Å². The molecule has 0 aliphatic heterocycles. The van der Waals surface area contributed by atoms with Crippen molar-refractivity contribution in [3.63, 3.8) is 0 Å². The van der Waals surface area contributed by atoms with E-state index in [4.69, 9.17) is 14.4 Å². The first-order chi connectivity index (χ1) is 8.17. The fraction of sp³-hybridized carbons (Fsp3) is 0.231. The molecular formula is C13H11NO3. The summed E-state index contributed by atoms with van der Waals surface area (Å²) < 4.78 is 10.3. The highest BCUT2D eigenvalue weighted by atomic mass is 16.5. The molecular weight excluding hydrogens is 218 g/mol. The van der Waals surface area contributed by atoms with Crippen LogP contribution in [0, 0.1) is 18.3 Å². The summed E-state index contributed by atoms with van der Waals surface area (Å²) in [5.41, 5.74) is 1.77. The lowest BCUT2D eigenvalue weighted by molar-refractivity contribution is 0.0491. The first kappa shape index (κ1) is 11.2. The number of hydrogen-bond acceptors (Lipinski definition) is 4. The zero-order chi connectivity index (χ0) is 12.4. The van der Waals surface area contributed by atoms with Crippen LogP contribution < -0.4 is 0 Å². The number of rotatable bonds is 2. The Morgan fingerprint density at radius 1 is 1.53 bits per heavy atom. The maximum Gasteiger partial charge on any atom is 0.374 e. The van der Waals surface area contributed by atoms with E-state index in [0.717, 1.165) is 10.9 Å². The van der Waals surface area contributed by atoms with Crippen molar-refractivity contribution in [2.45, 2.75) is 13.8 Å². The minimum absolute atomic E-state index is 0.205. The Hall–Kier alpha value is -2.28. The number of ether oxygens (including phenoxy) is 1. The summed E-state index contributed by atoms with van der Waals surface area (Å²) in [6, 6.07) is 7.11. The summed E-state index contributed by atoms with van der Waals surface area (Å²) in [6.45, 7) is 3.84. The topological polar surface area (TPSA) is 63.2 Å². The van der Waals surface area contributed by atoms with E-state index in [9.17, 15) is 4.79 Å². The third-order valence-electron chi connectivity index (χ3n) is 2.53. The Bertz CT molecular complexity index is 619. The number of aryl methyl sites for hydroxylation is 1. The third kappa shape index (κ3) is 1.87. The van der Waals surface area contributed by atoms with Crippen molar-refractivity contribution in [2.75, 3.05) is 6.61 Å². The van der Waals surface area contributed by atoms with Crippen LogP contribution in [-0.4, -0.2) is 12.6 Å². The fourth-order valence-corrected chi connectivity index (χ4v) is 1.69. The lowest BCUT2D eigenvalue weighted by Gasteiger charge is -1.97. The van der Waals surface area contributed by atoms with E-state index in [-0.39, 0.29) is 5.76 Å². The number of carbonyl (C=O) groups excluding carboxylic acids is 1. The van der Waals surface area contributed by atoms with Gasteiger partial charge in [-0.15, -0.1) is 0 Å². The maximum atomic E-state index is 11.6. The lowest BCUT2D eigenvalue weighted by atomic mass is 10.1. The Morgan fingerprint density at radius 3 is 2.94 bits per heavy atom. The molecule has 2 aromatic rings. The van der Waals surface area contributed by atoms with Gasteiger partial charge in [0.05, 0.1) is 18.2 Å². The number of nitrogens with zero attached hydrogens (tertiary/aromatic N) is 1. The number of esters is 1. The predicted octanol–water partition coefficient (Wildman–Crippen LogP) is 2.79. The van der Waals surface area contributed by atoms with Gasteiger partial charge in [0.1, 0.15) is 5.58 Å². The van der Waals surface area contributed by atoms with Crippen molar-refractivity contribution in [1.82, 2.24) is 0 Å². The molecule has 17 heavy (non-hydrogen) atoms. The molecule has 0 saturated carbocycles. The molecule has 1 aromatic heterocycles. The van der Waals surface area contributed by atoms with Crippen LogP contribution in [0.3, 0.4) is 0 Å². The van der Waals surface area contributed by atoms with Crippen LogP contribution in [0.1, 0.15) is 28.6 Å². The predicted molar refractivity (Wildman–Crippen MR) is 61.6 cm³/mol. The molecule has 86 valence electrons. The smallest absolute Gasteiger partial charge is 0.374 e. The van der Waals surface area contributed by atoms with Crippen LogP contribution in [0.25, 0.3) is 11.0 Å². The standard InChI is InChI=1S/C13H11NO3/c1-3-16-13(15)12-8(2)10-5-4-9(7-14)6-11(10)17-12/h4-6H,3H2,1-2H3. The van der Waals surface area contributed by atoms with Crippen LogP contribution >= 0.6 is 0 Å². The van der Waals surface area contributed by atoms with Crippen LogP contribution in [0.15, 0.2) is 22.6 Å². The third-order valence-corrected chi connectivity index (χ3v) is 2.53. The fourth-order valence-electron chi connectivity index (χ4n) is 1.69. The second kappa shape index (κ2) is 4.30. The highest BCUT2D eigenvalue weighted by Crippen LogP contribution is 2.26. The van der Waals surface area contributed by atoms with Gasteiger partial charge in [-0.1, -0.05) is 0 Å². The summed E-state index contributed by atoms with van der Waals surface area (Å²) in [5.74, 6) is -0.267. The van der Waals surface area contributed by atoms with Gasteiger partial charge in [0, 0.05) is 10.9 Å². The average molecular weight is 229 g/mol. The van der Waals surface area contributed by atoms with Gasteiger partial charge >= 0.3 is 5.97 Å². The number of benzene rings is 1. The molecule has 0 aliphatic carbocycles. The van der Waals surface area contributed by atoms with Crippen molar-refractivity contribution in [2.24, 2.45) is 0 Å². The molecule has 0 amide bonds. The molecule has 0 fully saturated rings. The molecule has 0 saturated heterocycles. The number of carbonyl (C=O) groups is 1. The van der Waals surface area contributed by atoms with E-state index in [1.165, 1.54) is 0 Å². The summed E-state index contributed by atoms with van der Waals surface area (Å²) in [7, 11) is 0. The molecule has 0 aliphatic rings. The molecule has 4 heteroatoms. The molecule has 0 N–H and O–H groups in total. The van der Waals surface area contributed by atoms with Crippen LogP contribution in [0.2, 0.25) is 0 Å².